The highest BCUT2D eigenvalue weighted by Gasteiger charge is 2.26. The van der Waals surface area contributed by atoms with Crippen molar-refractivity contribution in [3.63, 3.8) is 0 Å². The Morgan fingerprint density at radius 1 is 0.686 bits per heavy atom. The van der Waals surface area contributed by atoms with Crippen LogP contribution in [0.1, 0.15) is 46.0 Å². The molecular weight excluding hydrogens is 436 g/mol. The van der Waals surface area contributed by atoms with Gasteiger partial charge in [-0.05, 0) is 37.1 Å². The zero-order valence-electron chi connectivity index (χ0n) is 20.5. The van der Waals surface area contributed by atoms with E-state index in [0.29, 0.717) is 35.5 Å². The molecule has 0 bridgehead atoms. The van der Waals surface area contributed by atoms with E-state index in [1.54, 1.807) is 17.3 Å². The van der Waals surface area contributed by atoms with Gasteiger partial charge in [0.1, 0.15) is 6.42 Å². The monoisotopic (exact) mass is 468 g/mol. The van der Waals surface area contributed by atoms with Crippen LogP contribution < -0.4 is 4.90 Å². The fraction of sp³-hybridized carbons (Fsp3) is 0.310. The van der Waals surface area contributed by atoms with Crippen molar-refractivity contribution in [3.05, 3.63) is 73.1 Å². The van der Waals surface area contributed by atoms with Gasteiger partial charge in [0.05, 0.1) is 22.4 Å². The number of aromatic nitrogens is 2. The molecule has 0 N–H and O–H groups in total. The van der Waals surface area contributed by atoms with E-state index in [1.807, 2.05) is 65.6 Å². The van der Waals surface area contributed by atoms with Gasteiger partial charge in [0.15, 0.2) is 0 Å². The summed E-state index contributed by atoms with van der Waals surface area (Å²) in [5.74, 6) is -0.424. The quantitative estimate of drug-likeness (QED) is 0.257. The molecule has 0 radical (unpaired) electrons. The third kappa shape index (κ3) is 5.48. The third-order valence-electron chi connectivity index (χ3n) is 6.17. The number of hydrogen-bond donors (Lipinski definition) is 0. The first-order valence-corrected chi connectivity index (χ1v) is 12.4. The zero-order chi connectivity index (χ0) is 24.6. The number of rotatable bonds is 10. The minimum absolute atomic E-state index is 0.136. The standard InChI is InChI=1S/C29H32N4O2/c1-3-5-19-32(20-6-4-2)26(34)21-27(35)33(24-15-7-11-22-13-9-17-30-28(22)24)25-16-8-12-23-14-10-18-31-29(23)25/h7-18H,3-6,19-21H2,1-2H3. The molecule has 0 spiro atoms. The van der Waals surface area contributed by atoms with Crippen molar-refractivity contribution in [3.8, 4) is 0 Å². The minimum Gasteiger partial charge on any atom is -0.342 e. The predicted molar refractivity (Wildman–Crippen MR) is 142 cm³/mol. The average molecular weight is 469 g/mol. The number of amides is 2. The van der Waals surface area contributed by atoms with Crippen molar-refractivity contribution >= 4 is 45.0 Å². The highest BCUT2D eigenvalue weighted by molar-refractivity contribution is 6.15. The second kappa shape index (κ2) is 11.6. The van der Waals surface area contributed by atoms with Gasteiger partial charge in [0.2, 0.25) is 11.8 Å². The summed E-state index contributed by atoms with van der Waals surface area (Å²) in [4.78, 5) is 39.8. The Bertz CT molecular complexity index is 1220. The molecule has 0 atom stereocenters. The van der Waals surface area contributed by atoms with Gasteiger partial charge < -0.3 is 4.90 Å². The van der Waals surface area contributed by atoms with E-state index < -0.39 is 0 Å². The minimum atomic E-state index is -0.288. The molecule has 0 saturated heterocycles. The summed E-state index contributed by atoms with van der Waals surface area (Å²) in [5, 5.41) is 1.85. The fourth-order valence-corrected chi connectivity index (χ4v) is 4.31. The van der Waals surface area contributed by atoms with Crippen LogP contribution in [0.4, 0.5) is 11.4 Å². The number of carbonyl (C=O) groups is 2. The van der Waals surface area contributed by atoms with Crippen LogP contribution in [0.2, 0.25) is 0 Å². The highest BCUT2D eigenvalue weighted by atomic mass is 16.2. The first-order chi connectivity index (χ1) is 17.1. The summed E-state index contributed by atoms with van der Waals surface area (Å²) in [6.07, 6.45) is 7.08. The Morgan fingerprint density at radius 3 is 1.66 bits per heavy atom. The second-order valence-electron chi connectivity index (χ2n) is 8.70. The van der Waals surface area contributed by atoms with E-state index in [9.17, 15) is 9.59 Å². The molecule has 6 heteroatoms. The van der Waals surface area contributed by atoms with Crippen LogP contribution in [0.3, 0.4) is 0 Å². The molecule has 35 heavy (non-hydrogen) atoms. The number of fused-ring (bicyclic) bond motifs is 2. The van der Waals surface area contributed by atoms with Crippen LogP contribution >= 0.6 is 0 Å². The number of anilines is 2. The molecule has 0 aliphatic rings. The van der Waals surface area contributed by atoms with Gasteiger partial charge in [-0.1, -0.05) is 63.1 Å². The van der Waals surface area contributed by atoms with Gasteiger partial charge in [0, 0.05) is 36.3 Å². The fourth-order valence-electron chi connectivity index (χ4n) is 4.31. The Hall–Kier alpha value is -3.80. The van der Waals surface area contributed by atoms with Crippen molar-refractivity contribution in [2.24, 2.45) is 0 Å². The Morgan fingerprint density at radius 2 is 1.17 bits per heavy atom. The summed E-state index contributed by atoms with van der Waals surface area (Å²) in [7, 11) is 0. The molecule has 4 aromatic rings. The van der Waals surface area contributed by atoms with Crippen molar-refractivity contribution in [2.75, 3.05) is 18.0 Å². The molecule has 6 nitrogen and oxygen atoms in total. The molecule has 2 aromatic heterocycles. The first kappa shape index (κ1) is 24.3. The average Bonchev–Trinajstić information content (AvgIpc) is 2.89. The molecule has 0 aliphatic carbocycles. The molecule has 0 saturated carbocycles. The highest BCUT2D eigenvalue weighted by Crippen LogP contribution is 2.35. The molecule has 2 aromatic carbocycles. The van der Waals surface area contributed by atoms with E-state index in [-0.39, 0.29) is 18.2 Å². The third-order valence-corrected chi connectivity index (χ3v) is 6.17. The molecule has 2 amide bonds. The Balaban J connectivity index is 1.77. The van der Waals surface area contributed by atoms with E-state index in [0.717, 1.165) is 36.5 Å². The van der Waals surface area contributed by atoms with Crippen LogP contribution in [-0.2, 0) is 9.59 Å². The Kier molecular flexibility index (Phi) is 8.03. The van der Waals surface area contributed by atoms with Gasteiger partial charge in [-0.25, -0.2) is 0 Å². The molecule has 0 unspecified atom stereocenters. The SMILES string of the molecule is CCCCN(CCCC)C(=O)CC(=O)N(c1cccc2cccnc12)c1cccc2cccnc12. The van der Waals surface area contributed by atoms with Crippen LogP contribution in [0.25, 0.3) is 21.8 Å². The largest absolute Gasteiger partial charge is 0.342 e. The number of pyridine rings is 2. The lowest BCUT2D eigenvalue weighted by Gasteiger charge is -2.27. The second-order valence-corrected chi connectivity index (χ2v) is 8.70. The summed E-state index contributed by atoms with van der Waals surface area (Å²) < 4.78 is 0. The number of carbonyl (C=O) groups excluding carboxylic acids is 2. The molecule has 180 valence electrons. The van der Waals surface area contributed by atoms with Gasteiger partial charge >= 0.3 is 0 Å². The van der Waals surface area contributed by atoms with Crippen LogP contribution in [0.15, 0.2) is 73.1 Å². The van der Waals surface area contributed by atoms with E-state index in [2.05, 4.69) is 23.8 Å². The smallest absolute Gasteiger partial charge is 0.241 e. The summed E-state index contributed by atoms with van der Waals surface area (Å²) in [6, 6.07) is 19.2. The number of benzene rings is 2. The lowest BCUT2D eigenvalue weighted by molar-refractivity contribution is -0.135. The van der Waals surface area contributed by atoms with Gasteiger partial charge in [-0.15, -0.1) is 0 Å². The van der Waals surface area contributed by atoms with Crippen molar-refractivity contribution in [2.45, 2.75) is 46.0 Å². The maximum atomic E-state index is 13.9. The van der Waals surface area contributed by atoms with E-state index >= 15 is 0 Å². The number of para-hydroxylation sites is 2. The van der Waals surface area contributed by atoms with E-state index in [1.165, 1.54) is 0 Å². The van der Waals surface area contributed by atoms with Crippen molar-refractivity contribution < 1.29 is 9.59 Å². The lowest BCUT2D eigenvalue weighted by atomic mass is 10.1. The summed E-state index contributed by atoms with van der Waals surface area (Å²) in [6.45, 7) is 5.56. The Labute approximate surface area is 206 Å². The van der Waals surface area contributed by atoms with Gasteiger partial charge in [0.25, 0.3) is 0 Å². The molecule has 0 fully saturated rings. The topological polar surface area (TPSA) is 66.4 Å². The van der Waals surface area contributed by atoms with Crippen LogP contribution in [0.5, 0.6) is 0 Å². The maximum Gasteiger partial charge on any atom is 0.241 e. The molecular formula is C29H32N4O2. The van der Waals surface area contributed by atoms with Crippen molar-refractivity contribution in [1.82, 2.24) is 14.9 Å². The molecule has 0 aliphatic heterocycles. The van der Waals surface area contributed by atoms with Crippen molar-refractivity contribution in [1.29, 1.82) is 0 Å². The number of hydrogen-bond acceptors (Lipinski definition) is 4. The van der Waals surface area contributed by atoms with Gasteiger partial charge in [-0.3, -0.25) is 24.5 Å². The van der Waals surface area contributed by atoms with Crippen LogP contribution in [0, 0.1) is 0 Å². The van der Waals surface area contributed by atoms with Gasteiger partial charge in [-0.2, -0.15) is 0 Å². The van der Waals surface area contributed by atoms with Crippen LogP contribution in [-0.4, -0.2) is 39.8 Å². The summed E-state index contributed by atoms with van der Waals surface area (Å²) >= 11 is 0. The predicted octanol–water partition coefficient (Wildman–Crippen LogP) is 6.27. The maximum absolute atomic E-state index is 13.9. The summed E-state index contributed by atoms with van der Waals surface area (Å²) in [5.41, 5.74) is 2.70. The normalized spacial score (nSPS) is 11.0. The first-order valence-electron chi connectivity index (χ1n) is 12.4. The molecule has 4 rings (SSSR count). The lowest BCUT2D eigenvalue weighted by Crippen LogP contribution is -2.37. The molecule has 2 heterocycles. The number of nitrogens with zero attached hydrogens (tertiary/aromatic N) is 4. The number of unbranched alkanes of at least 4 members (excludes halogenated alkanes) is 2. The zero-order valence-corrected chi connectivity index (χ0v) is 20.5. The van der Waals surface area contributed by atoms with E-state index in [4.69, 9.17) is 0 Å².